The lowest BCUT2D eigenvalue weighted by molar-refractivity contribution is 0.000364. The number of hydrogen-bond donors (Lipinski definition) is 1. The topological polar surface area (TPSA) is 29.5 Å². The molecule has 3 heteroatoms. The number of aliphatic hydroxyl groups is 1. The Kier molecular flexibility index (Phi) is 3.66. The van der Waals surface area contributed by atoms with E-state index >= 15 is 0 Å². The largest absolute Gasteiger partial charge is 0.392 e. The third-order valence-electron chi connectivity index (χ3n) is 1.90. The molecule has 0 aromatic rings. The standard InChI is InChI=1S/C7H13BrO2/c8-4-7(9)6-2-1-3-10-5-6/h6-7,9H,1-5H2. The molecule has 0 bridgehead atoms. The molecule has 0 spiro atoms. The molecule has 0 saturated carbocycles. The predicted molar refractivity (Wildman–Crippen MR) is 43.3 cm³/mol. The van der Waals surface area contributed by atoms with E-state index in [2.05, 4.69) is 15.9 Å². The molecule has 0 radical (unpaired) electrons. The fraction of sp³-hybridized carbons (Fsp3) is 1.00. The van der Waals surface area contributed by atoms with Crippen LogP contribution >= 0.6 is 15.9 Å². The fourth-order valence-electron chi connectivity index (χ4n) is 1.20. The predicted octanol–water partition coefficient (Wildman–Crippen LogP) is 1.17. The maximum Gasteiger partial charge on any atom is 0.0687 e. The van der Waals surface area contributed by atoms with Gasteiger partial charge in [-0.15, -0.1) is 0 Å². The first-order valence-electron chi connectivity index (χ1n) is 3.66. The van der Waals surface area contributed by atoms with Gasteiger partial charge in [0, 0.05) is 17.9 Å². The average Bonchev–Trinajstić information content (AvgIpc) is 2.05. The zero-order valence-electron chi connectivity index (χ0n) is 5.92. The molecule has 0 aromatic carbocycles. The minimum atomic E-state index is -0.222. The summed E-state index contributed by atoms with van der Waals surface area (Å²) in [5.74, 6) is 0.355. The van der Waals surface area contributed by atoms with Gasteiger partial charge < -0.3 is 9.84 Å². The van der Waals surface area contributed by atoms with E-state index in [9.17, 15) is 5.11 Å². The quantitative estimate of drug-likeness (QED) is 0.691. The second-order valence-electron chi connectivity index (χ2n) is 2.70. The van der Waals surface area contributed by atoms with Gasteiger partial charge in [0.05, 0.1) is 12.7 Å². The number of ether oxygens (including phenoxy) is 1. The highest BCUT2D eigenvalue weighted by Gasteiger charge is 2.20. The molecular formula is C7H13BrO2. The highest BCUT2D eigenvalue weighted by molar-refractivity contribution is 9.09. The van der Waals surface area contributed by atoms with Crippen LogP contribution in [0.25, 0.3) is 0 Å². The van der Waals surface area contributed by atoms with Gasteiger partial charge in [-0.25, -0.2) is 0 Å². The number of alkyl halides is 1. The molecule has 0 aliphatic carbocycles. The van der Waals surface area contributed by atoms with Crippen LogP contribution in [0.1, 0.15) is 12.8 Å². The summed E-state index contributed by atoms with van der Waals surface area (Å²) < 4.78 is 5.22. The number of aliphatic hydroxyl groups excluding tert-OH is 1. The van der Waals surface area contributed by atoms with Gasteiger partial charge in [-0.05, 0) is 12.8 Å². The first-order valence-corrected chi connectivity index (χ1v) is 4.78. The second kappa shape index (κ2) is 4.31. The van der Waals surface area contributed by atoms with Gasteiger partial charge in [-0.1, -0.05) is 15.9 Å². The molecule has 60 valence electrons. The SMILES string of the molecule is OC(CBr)C1CCCOC1. The molecule has 2 unspecified atom stereocenters. The zero-order valence-corrected chi connectivity index (χ0v) is 7.51. The average molecular weight is 209 g/mol. The van der Waals surface area contributed by atoms with Crippen molar-refractivity contribution in [2.45, 2.75) is 18.9 Å². The summed E-state index contributed by atoms with van der Waals surface area (Å²) in [5.41, 5.74) is 0. The Bertz CT molecular complexity index is 91.6. The van der Waals surface area contributed by atoms with Gasteiger partial charge in [0.25, 0.3) is 0 Å². The van der Waals surface area contributed by atoms with E-state index in [-0.39, 0.29) is 6.10 Å². The van der Waals surface area contributed by atoms with Gasteiger partial charge in [-0.3, -0.25) is 0 Å². The monoisotopic (exact) mass is 208 g/mol. The van der Waals surface area contributed by atoms with E-state index in [0.29, 0.717) is 11.2 Å². The first-order chi connectivity index (χ1) is 4.84. The first kappa shape index (κ1) is 8.50. The van der Waals surface area contributed by atoms with Crippen molar-refractivity contribution in [1.82, 2.24) is 0 Å². The Morgan fingerprint density at radius 1 is 1.70 bits per heavy atom. The van der Waals surface area contributed by atoms with Gasteiger partial charge in [-0.2, -0.15) is 0 Å². The Labute approximate surface area is 69.7 Å². The highest BCUT2D eigenvalue weighted by Crippen LogP contribution is 2.18. The molecule has 0 aromatic heterocycles. The van der Waals surface area contributed by atoms with E-state index in [1.807, 2.05) is 0 Å². The van der Waals surface area contributed by atoms with E-state index in [1.54, 1.807) is 0 Å². The third-order valence-corrected chi connectivity index (χ3v) is 2.56. The van der Waals surface area contributed by atoms with E-state index in [1.165, 1.54) is 0 Å². The summed E-state index contributed by atoms with van der Waals surface area (Å²) in [6, 6.07) is 0. The highest BCUT2D eigenvalue weighted by atomic mass is 79.9. The van der Waals surface area contributed by atoms with Crippen molar-refractivity contribution in [3.05, 3.63) is 0 Å². The molecule has 1 aliphatic heterocycles. The summed E-state index contributed by atoms with van der Waals surface area (Å²) in [6.45, 7) is 1.60. The molecule has 0 amide bonds. The Balaban J connectivity index is 2.24. The lowest BCUT2D eigenvalue weighted by atomic mass is 9.97. The van der Waals surface area contributed by atoms with Crippen LogP contribution in [0.2, 0.25) is 0 Å². The summed E-state index contributed by atoms with van der Waals surface area (Å²) in [6.07, 6.45) is 1.97. The second-order valence-corrected chi connectivity index (χ2v) is 3.35. The molecule has 1 aliphatic rings. The molecule has 1 rings (SSSR count). The zero-order chi connectivity index (χ0) is 7.40. The molecule has 1 saturated heterocycles. The van der Waals surface area contributed by atoms with E-state index < -0.39 is 0 Å². The van der Waals surface area contributed by atoms with Gasteiger partial charge in [0.1, 0.15) is 0 Å². The van der Waals surface area contributed by atoms with Crippen LogP contribution in [0.4, 0.5) is 0 Å². The van der Waals surface area contributed by atoms with Crippen LogP contribution < -0.4 is 0 Å². The smallest absolute Gasteiger partial charge is 0.0687 e. The van der Waals surface area contributed by atoms with Crippen LogP contribution in [0, 0.1) is 5.92 Å². The molecule has 2 atom stereocenters. The van der Waals surface area contributed by atoms with Crippen molar-refractivity contribution in [3.8, 4) is 0 Å². The minimum absolute atomic E-state index is 0.222. The Morgan fingerprint density at radius 3 is 3.00 bits per heavy atom. The van der Waals surface area contributed by atoms with Crippen molar-refractivity contribution in [2.24, 2.45) is 5.92 Å². The lowest BCUT2D eigenvalue weighted by Gasteiger charge is -2.25. The van der Waals surface area contributed by atoms with Gasteiger partial charge >= 0.3 is 0 Å². The molecule has 10 heavy (non-hydrogen) atoms. The maximum atomic E-state index is 9.36. The minimum Gasteiger partial charge on any atom is -0.392 e. The molecular weight excluding hydrogens is 196 g/mol. The fourth-order valence-corrected chi connectivity index (χ4v) is 1.72. The van der Waals surface area contributed by atoms with Crippen LogP contribution in [0.15, 0.2) is 0 Å². The van der Waals surface area contributed by atoms with Crippen LogP contribution in [-0.2, 0) is 4.74 Å². The normalized spacial score (nSPS) is 30.0. The van der Waals surface area contributed by atoms with Crippen LogP contribution in [0.3, 0.4) is 0 Å². The van der Waals surface area contributed by atoms with Gasteiger partial charge in [0.2, 0.25) is 0 Å². The summed E-state index contributed by atoms with van der Waals surface area (Å²) >= 11 is 3.24. The Morgan fingerprint density at radius 2 is 2.50 bits per heavy atom. The van der Waals surface area contributed by atoms with Crippen molar-refractivity contribution in [3.63, 3.8) is 0 Å². The lowest BCUT2D eigenvalue weighted by Crippen LogP contribution is -2.29. The number of halogens is 1. The molecule has 2 nitrogen and oxygen atoms in total. The summed E-state index contributed by atoms with van der Waals surface area (Å²) in [5, 5.41) is 10.0. The summed E-state index contributed by atoms with van der Waals surface area (Å²) in [4.78, 5) is 0. The molecule has 1 heterocycles. The van der Waals surface area contributed by atoms with Crippen molar-refractivity contribution >= 4 is 15.9 Å². The number of hydrogen-bond acceptors (Lipinski definition) is 2. The van der Waals surface area contributed by atoms with E-state index in [0.717, 1.165) is 26.1 Å². The third kappa shape index (κ3) is 2.22. The van der Waals surface area contributed by atoms with Gasteiger partial charge in [0.15, 0.2) is 0 Å². The number of rotatable bonds is 2. The Hall–Kier alpha value is 0.400. The van der Waals surface area contributed by atoms with E-state index in [4.69, 9.17) is 4.74 Å². The maximum absolute atomic E-state index is 9.36. The molecule has 1 N–H and O–H groups in total. The van der Waals surface area contributed by atoms with Crippen molar-refractivity contribution in [2.75, 3.05) is 18.5 Å². The van der Waals surface area contributed by atoms with Crippen molar-refractivity contribution in [1.29, 1.82) is 0 Å². The molecule has 1 fully saturated rings. The van der Waals surface area contributed by atoms with Crippen LogP contribution in [-0.4, -0.2) is 29.8 Å². The summed E-state index contributed by atoms with van der Waals surface area (Å²) in [7, 11) is 0. The van der Waals surface area contributed by atoms with Crippen LogP contribution in [0.5, 0.6) is 0 Å². The van der Waals surface area contributed by atoms with Crippen molar-refractivity contribution < 1.29 is 9.84 Å².